The normalized spacial score (nSPS) is 10.8. The summed E-state index contributed by atoms with van der Waals surface area (Å²) in [5.41, 5.74) is 3.94. The van der Waals surface area contributed by atoms with Crippen LogP contribution in [-0.4, -0.2) is 20.0 Å². The third-order valence-corrected chi connectivity index (χ3v) is 2.77. The summed E-state index contributed by atoms with van der Waals surface area (Å²) in [6.07, 6.45) is 0. The number of hydrogen-bond acceptors (Lipinski definition) is 3. The Kier molecular flexibility index (Phi) is 2.92. The van der Waals surface area contributed by atoms with E-state index in [4.69, 9.17) is 11.6 Å². The first-order valence-electron chi connectivity index (χ1n) is 5.17. The Morgan fingerprint density at radius 2 is 2.00 bits per heavy atom. The molecule has 0 spiro atoms. The molecule has 0 saturated heterocycles. The van der Waals surface area contributed by atoms with Crippen LogP contribution in [0.5, 0.6) is 0 Å². The lowest BCUT2D eigenvalue weighted by molar-refractivity contribution is 0.634. The van der Waals surface area contributed by atoms with E-state index in [-0.39, 0.29) is 0 Å². The second-order valence-electron chi connectivity index (χ2n) is 3.60. The molecule has 0 aromatic carbocycles. The van der Waals surface area contributed by atoms with Crippen LogP contribution >= 0.6 is 11.6 Å². The molecule has 0 fully saturated rings. The highest BCUT2D eigenvalue weighted by atomic mass is 35.5. The van der Waals surface area contributed by atoms with Crippen molar-refractivity contribution in [3.05, 3.63) is 28.7 Å². The zero-order valence-corrected chi connectivity index (χ0v) is 10.3. The Morgan fingerprint density at radius 3 is 2.50 bits per heavy atom. The molecule has 2 rings (SSSR count). The fraction of sp³-hybridized carbons (Fsp3) is 0.364. The molecular weight excluding hydrogens is 224 g/mol. The molecule has 2 heterocycles. The predicted octanol–water partition coefficient (Wildman–Crippen LogP) is 2.63. The smallest absolute Gasteiger partial charge is 0.151 e. The van der Waals surface area contributed by atoms with Crippen molar-refractivity contribution in [2.75, 3.05) is 0 Å². The van der Waals surface area contributed by atoms with Crippen molar-refractivity contribution in [2.24, 2.45) is 0 Å². The van der Waals surface area contributed by atoms with Gasteiger partial charge in [-0.25, -0.2) is 0 Å². The van der Waals surface area contributed by atoms with E-state index in [1.165, 1.54) is 0 Å². The summed E-state index contributed by atoms with van der Waals surface area (Å²) in [7, 11) is 0. The highest BCUT2D eigenvalue weighted by Crippen LogP contribution is 2.24. The van der Waals surface area contributed by atoms with Crippen LogP contribution in [-0.2, 0) is 6.54 Å². The zero-order chi connectivity index (χ0) is 11.7. The molecule has 4 nitrogen and oxygen atoms in total. The Labute approximate surface area is 99.3 Å². The second kappa shape index (κ2) is 4.22. The van der Waals surface area contributed by atoms with Gasteiger partial charge >= 0.3 is 0 Å². The Morgan fingerprint density at radius 1 is 1.25 bits per heavy atom. The monoisotopic (exact) mass is 236 g/mol. The van der Waals surface area contributed by atoms with Crippen molar-refractivity contribution in [1.29, 1.82) is 0 Å². The van der Waals surface area contributed by atoms with E-state index in [0.717, 1.165) is 29.2 Å². The van der Waals surface area contributed by atoms with Crippen molar-refractivity contribution >= 4 is 11.6 Å². The van der Waals surface area contributed by atoms with Crippen LogP contribution in [0.3, 0.4) is 0 Å². The lowest BCUT2D eigenvalue weighted by atomic mass is 10.1. The molecule has 2 aromatic rings. The molecule has 0 N–H and O–H groups in total. The Hall–Kier alpha value is -1.42. The molecule has 0 aliphatic carbocycles. The molecule has 0 atom stereocenters. The third kappa shape index (κ3) is 1.80. The van der Waals surface area contributed by atoms with Gasteiger partial charge in [0.1, 0.15) is 0 Å². The standard InChI is InChI=1S/C11H13ClN4/c1-4-16-8(3)11(7(2)15-16)9-5-6-10(12)14-13-9/h5-6H,4H2,1-3H3. The minimum Gasteiger partial charge on any atom is -0.269 e. The van der Waals surface area contributed by atoms with Crippen LogP contribution in [0, 0.1) is 13.8 Å². The molecule has 0 saturated carbocycles. The summed E-state index contributed by atoms with van der Waals surface area (Å²) in [4.78, 5) is 0. The van der Waals surface area contributed by atoms with Crippen molar-refractivity contribution in [3.63, 3.8) is 0 Å². The van der Waals surface area contributed by atoms with E-state index in [1.807, 2.05) is 24.6 Å². The number of rotatable bonds is 2. The van der Waals surface area contributed by atoms with Gasteiger partial charge in [0, 0.05) is 17.8 Å². The fourth-order valence-electron chi connectivity index (χ4n) is 1.82. The van der Waals surface area contributed by atoms with Gasteiger partial charge in [0.25, 0.3) is 0 Å². The van der Waals surface area contributed by atoms with Gasteiger partial charge < -0.3 is 0 Å². The SMILES string of the molecule is CCn1nc(C)c(-c2ccc(Cl)nn2)c1C. The lowest BCUT2D eigenvalue weighted by Crippen LogP contribution is -1.99. The molecule has 84 valence electrons. The van der Waals surface area contributed by atoms with Gasteiger partial charge in [-0.2, -0.15) is 5.10 Å². The number of aromatic nitrogens is 4. The maximum absolute atomic E-state index is 5.72. The highest BCUT2D eigenvalue weighted by Gasteiger charge is 2.13. The van der Waals surface area contributed by atoms with Crippen LogP contribution in [0.15, 0.2) is 12.1 Å². The molecule has 16 heavy (non-hydrogen) atoms. The van der Waals surface area contributed by atoms with Crippen LogP contribution in [0.2, 0.25) is 5.15 Å². The van der Waals surface area contributed by atoms with E-state index in [2.05, 4.69) is 22.2 Å². The molecule has 5 heteroatoms. The summed E-state index contributed by atoms with van der Waals surface area (Å²) in [5.74, 6) is 0. The third-order valence-electron chi connectivity index (χ3n) is 2.57. The summed E-state index contributed by atoms with van der Waals surface area (Å²) < 4.78 is 1.96. The summed E-state index contributed by atoms with van der Waals surface area (Å²) >= 11 is 5.72. The van der Waals surface area contributed by atoms with Crippen LogP contribution < -0.4 is 0 Å². The van der Waals surface area contributed by atoms with Crippen molar-refractivity contribution < 1.29 is 0 Å². The molecule has 0 aliphatic heterocycles. The lowest BCUT2D eigenvalue weighted by Gasteiger charge is -2.01. The highest BCUT2D eigenvalue weighted by molar-refractivity contribution is 6.29. The maximum Gasteiger partial charge on any atom is 0.151 e. The zero-order valence-electron chi connectivity index (χ0n) is 9.53. The molecule has 0 bridgehead atoms. The van der Waals surface area contributed by atoms with Gasteiger partial charge in [-0.1, -0.05) is 11.6 Å². The maximum atomic E-state index is 5.72. The van der Waals surface area contributed by atoms with Crippen LogP contribution in [0.1, 0.15) is 18.3 Å². The van der Waals surface area contributed by atoms with Gasteiger partial charge in [0.15, 0.2) is 5.15 Å². The predicted molar refractivity (Wildman–Crippen MR) is 63.4 cm³/mol. The molecule has 2 aromatic heterocycles. The quantitative estimate of drug-likeness (QED) is 0.805. The van der Waals surface area contributed by atoms with E-state index >= 15 is 0 Å². The summed E-state index contributed by atoms with van der Waals surface area (Å²) in [5, 5.41) is 12.8. The Bertz CT molecular complexity index is 501. The molecule has 0 unspecified atom stereocenters. The van der Waals surface area contributed by atoms with E-state index in [9.17, 15) is 0 Å². The molecule has 0 aliphatic rings. The van der Waals surface area contributed by atoms with E-state index in [1.54, 1.807) is 6.07 Å². The van der Waals surface area contributed by atoms with Crippen LogP contribution in [0.25, 0.3) is 11.3 Å². The molecule has 0 amide bonds. The van der Waals surface area contributed by atoms with Gasteiger partial charge in [0.2, 0.25) is 0 Å². The summed E-state index contributed by atoms with van der Waals surface area (Å²) in [6, 6.07) is 3.61. The average molecular weight is 237 g/mol. The van der Waals surface area contributed by atoms with Gasteiger partial charge in [-0.15, -0.1) is 10.2 Å². The van der Waals surface area contributed by atoms with Crippen molar-refractivity contribution in [3.8, 4) is 11.3 Å². The fourth-order valence-corrected chi connectivity index (χ4v) is 1.93. The van der Waals surface area contributed by atoms with Crippen LogP contribution in [0.4, 0.5) is 0 Å². The average Bonchev–Trinajstić information content (AvgIpc) is 2.56. The Balaban J connectivity index is 2.55. The molecular formula is C11H13ClN4. The molecule has 0 radical (unpaired) electrons. The largest absolute Gasteiger partial charge is 0.269 e. The van der Waals surface area contributed by atoms with E-state index < -0.39 is 0 Å². The number of halogens is 1. The van der Waals surface area contributed by atoms with E-state index in [0.29, 0.717) is 5.15 Å². The number of nitrogens with zero attached hydrogens (tertiary/aromatic N) is 4. The van der Waals surface area contributed by atoms with Gasteiger partial charge in [0.05, 0.1) is 11.4 Å². The number of hydrogen-bond donors (Lipinski definition) is 0. The second-order valence-corrected chi connectivity index (χ2v) is 3.99. The first kappa shape index (κ1) is 11.1. The minimum absolute atomic E-state index is 0.405. The topological polar surface area (TPSA) is 43.6 Å². The van der Waals surface area contributed by atoms with Gasteiger partial charge in [-0.05, 0) is 32.9 Å². The van der Waals surface area contributed by atoms with Crippen molar-refractivity contribution in [2.45, 2.75) is 27.3 Å². The number of aryl methyl sites for hydroxylation is 2. The van der Waals surface area contributed by atoms with Crippen molar-refractivity contribution in [1.82, 2.24) is 20.0 Å². The van der Waals surface area contributed by atoms with Gasteiger partial charge in [-0.3, -0.25) is 4.68 Å². The first-order chi connectivity index (χ1) is 7.63. The summed E-state index contributed by atoms with van der Waals surface area (Å²) in [6.45, 7) is 6.93. The first-order valence-corrected chi connectivity index (χ1v) is 5.55. The minimum atomic E-state index is 0.405.